The maximum Gasteiger partial charge on any atom is 0.420 e. The monoisotopic (exact) mass is 386 g/mol. The lowest BCUT2D eigenvalue weighted by molar-refractivity contribution is -0.143. The fraction of sp³-hybridized carbons (Fsp3) is 0.550. The molecule has 2 fully saturated rings. The summed E-state index contributed by atoms with van der Waals surface area (Å²) in [5, 5.41) is 2.98. The smallest absolute Gasteiger partial charge is 0.408 e. The van der Waals surface area contributed by atoms with Gasteiger partial charge in [-0.1, -0.05) is 12.1 Å². The van der Waals surface area contributed by atoms with Crippen LogP contribution in [0.4, 0.5) is 0 Å². The van der Waals surface area contributed by atoms with Crippen LogP contribution in [0.3, 0.4) is 0 Å². The first-order valence-electron chi connectivity index (χ1n) is 9.65. The molecule has 2 aromatic rings. The number of oxazole rings is 1. The number of aromatic nitrogens is 1. The predicted molar refractivity (Wildman–Crippen MR) is 104 cm³/mol. The molecule has 1 unspecified atom stereocenters. The minimum absolute atomic E-state index is 0.0287. The van der Waals surface area contributed by atoms with Crippen molar-refractivity contribution in [3.8, 4) is 0 Å². The maximum absolute atomic E-state index is 12.7. The Bertz CT molecular complexity index is 970. The Labute approximate surface area is 163 Å². The Morgan fingerprint density at radius 2 is 1.96 bits per heavy atom. The summed E-state index contributed by atoms with van der Waals surface area (Å²) in [6, 6.07) is 7.05. The molecule has 1 aromatic carbocycles. The standard InChI is InChI=1S/C20H26N4O4/c1-13(2)21-18(26)15-8-20(10-22(15)3)11-23(12-20)17(25)9-24-14-6-4-5-7-16(14)28-19(24)27/h4-7,13,15H,8-12H2,1-3H3,(H,21,26). The zero-order chi connectivity index (χ0) is 20.1. The topological polar surface area (TPSA) is 87.8 Å². The van der Waals surface area contributed by atoms with Crippen molar-refractivity contribution in [2.45, 2.75) is 38.9 Å². The number of rotatable bonds is 4. The largest absolute Gasteiger partial charge is 0.420 e. The Balaban J connectivity index is 1.40. The van der Waals surface area contributed by atoms with Gasteiger partial charge in [-0.25, -0.2) is 4.79 Å². The Kier molecular flexibility index (Phi) is 4.53. The van der Waals surface area contributed by atoms with Gasteiger partial charge in [0.25, 0.3) is 0 Å². The van der Waals surface area contributed by atoms with E-state index in [1.54, 1.807) is 23.1 Å². The van der Waals surface area contributed by atoms with Gasteiger partial charge in [0.05, 0.1) is 11.6 Å². The van der Waals surface area contributed by atoms with E-state index in [0.29, 0.717) is 24.2 Å². The van der Waals surface area contributed by atoms with E-state index in [4.69, 9.17) is 4.42 Å². The third kappa shape index (κ3) is 3.22. The molecule has 0 saturated carbocycles. The second kappa shape index (κ2) is 6.77. The van der Waals surface area contributed by atoms with E-state index in [-0.39, 0.29) is 35.9 Å². The lowest BCUT2D eigenvalue weighted by Crippen LogP contribution is -2.60. The number of carbonyl (C=O) groups excluding carboxylic acids is 2. The number of hydrogen-bond acceptors (Lipinski definition) is 5. The van der Waals surface area contributed by atoms with Gasteiger partial charge in [-0.15, -0.1) is 0 Å². The van der Waals surface area contributed by atoms with Gasteiger partial charge in [-0.05, 0) is 39.4 Å². The summed E-state index contributed by atoms with van der Waals surface area (Å²) in [5.41, 5.74) is 1.08. The summed E-state index contributed by atoms with van der Waals surface area (Å²) in [4.78, 5) is 41.0. The van der Waals surface area contributed by atoms with Crippen LogP contribution in [0.2, 0.25) is 0 Å². The number of benzene rings is 1. The molecular weight excluding hydrogens is 360 g/mol. The van der Waals surface area contributed by atoms with E-state index < -0.39 is 5.76 Å². The van der Waals surface area contributed by atoms with Gasteiger partial charge >= 0.3 is 5.76 Å². The molecule has 0 radical (unpaired) electrons. The fourth-order valence-electron chi connectivity index (χ4n) is 4.51. The molecule has 2 amide bonds. The lowest BCUT2D eigenvalue weighted by atomic mass is 9.77. The van der Waals surface area contributed by atoms with Gasteiger partial charge in [0, 0.05) is 31.1 Å². The Morgan fingerprint density at radius 3 is 2.68 bits per heavy atom. The van der Waals surface area contributed by atoms with E-state index in [9.17, 15) is 14.4 Å². The average Bonchev–Trinajstić information content (AvgIpc) is 3.11. The molecule has 0 aliphatic carbocycles. The van der Waals surface area contributed by atoms with Crippen molar-refractivity contribution in [2.75, 3.05) is 26.7 Å². The molecule has 2 saturated heterocycles. The highest BCUT2D eigenvalue weighted by molar-refractivity contribution is 5.83. The molecule has 28 heavy (non-hydrogen) atoms. The van der Waals surface area contributed by atoms with E-state index in [1.165, 1.54) is 4.57 Å². The molecule has 2 aliphatic rings. The van der Waals surface area contributed by atoms with Crippen LogP contribution in [0.25, 0.3) is 11.1 Å². The number of fused-ring (bicyclic) bond motifs is 1. The molecule has 150 valence electrons. The molecule has 8 nitrogen and oxygen atoms in total. The van der Waals surface area contributed by atoms with E-state index >= 15 is 0 Å². The van der Waals surface area contributed by atoms with Gasteiger partial charge in [-0.3, -0.25) is 19.1 Å². The van der Waals surface area contributed by atoms with Crippen LogP contribution >= 0.6 is 0 Å². The number of likely N-dealkylation sites (tertiary alicyclic amines) is 2. The summed E-state index contributed by atoms with van der Waals surface area (Å²) < 4.78 is 6.57. The first-order valence-corrected chi connectivity index (χ1v) is 9.65. The second-order valence-electron chi connectivity index (χ2n) is 8.47. The number of nitrogens with one attached hydrogen (secondary N) is 1. The van der Waals surface area contributed by atoms with Gasteiger partial charge in [0.2, 0.25) is 11.8 Å². The van der Waals surface area contributed by atoms with Gasteiger partial charge in [0.1, 0.15) is 6.54 Å². The van der Waals surface area contributed by atoms with Crippen LogP contribution in [0, 0.1) is 5.41 Å². The van der Waals surface area contributed by atoms with Crippen LogP contribution in [-0.4, -0.2) is 64.9 Å². The van der Waals surface area contributed by atoms with E-state index in [1.807, 2.05) is 27.0 Å². The van der Waals surface area contributed by atoms with Crippen LogP contribution in [-0.2, 0) is 16.1 Å². The molecule has 1 atom stereocenters. The van der Waals surface area contributed by atoms with Crippen molar-refractivity contribution in [2.24, 2.45) is 5.41 Å². The van der Waals surface area contributed by atoms with Crippen LogP contribution in [0.5, 0.6) is 0 Å². The summed E-state index contributed by atoms with van der Waals surface area (Å²) in [6.07, 6.45) is 0.750. The zero-order valence-corrected chi connectivity index (χ0v) is 16.5. The summed E-state index contributed by atoms with van der Waals surface area (Å²) >= 11 is 0. The van der Waals surface area contributed by atoms with Gasteiger partial charge in [-0.2, -0.15) is 0 Å². The quantitative estimate of drug-likeness (QED) is 0.834. The van der Waals surface area contributed by atoms with Crippen LogP contribution < -0.4 is 11.1 Å². The van der Waals surface area contributed by atoms with Crippen molar-refractivity contribution in [1.29, 1.82) is 0 Å². The highest BCUT2D eigenvalue weighted by Gasteiger charge is 2.53. The average molecular weight is 386 g/mol. The minimum Gasteiger partial charge on any atom is -0.408 e. The number of likely N-dealkylation sites (N-methyl/N-ethyl adjacent to an activating group) is 1. The van der Waals surface area contributed by atoms with Crippen LogP contribution in [0.15, 0.2) is 33.5 Å². The molecule has 1 spiro atoms. The molecule has 3 heterocycles. The Hall–Kier alpha value is -2.61. The van der Waals surface area contributed by atoms with Gasteiger partial charge < -0.3 is 14.6 Å². The van der Waals surface area contributed by atoms with Crippen molar-refractivity contribution >= 4 is 22.9 Å². The Morgan fingerprint density at radius 1 is 1.25 bits per heavy atom. The molecule has 2 aliphatic heterocycles. The van der Waals surface area contributed by atoms with Crippen LogP contribution in [0.1, 0.15) is 20.3 Å². The van der Waals surface area contributed by atoms with Gasteiger partial charge in [0.15, 0.2) is 5.58 Å². The van der Waals surface area contributed by atoms with Crippen molar-refractivity contribution in [3.63, 3.8) is 0 Å². The molecular formula is C20H26N4O4. The van der Waals surface area contributed by atoms with Crippen molar-refractivity contribution < 1.29 is 14.0 Å². The van der Waals surface area contributed by atoms with Crippen molar-refractivity contribution in [3.05, 3.63) is 34.8 Å². The summed E-state index contributed by atoms with van der Waals surface area (Å²) in [7, 11) is 1.96. The van der Waals surface area contributed by atoms with E-state index in [2.05, 4.69) is 10.2 Å². The highest BCUT2D eigenvalue weighted by Crippen LogP contribution is 2.42. The predicted octanol–water partition coefficient (Wildman–Crippen LogP) is 0.652. The SMILES string of the molecule is CC(C)NC(=O)C1CC2(CN(C(=O)Cn3c(=O)oc4ccccc43)C2)CN1C. The summed E-state index contributed by atoms with van der Waals surface area (Å²) in [5.74, 6) is -0.566. The molecule has 8 heteroatoms. The zero-order valence-electron chi connectivity index (χ0n) is 16.5. The number of nitrogens with zero attached hydrogens (tertiary/aromatic N) is 3. The maximum atomic E-state index is 12.7. The number of hydrogen-bond donors (Lipinski definition) is 1. The highest BCUT2D eigenvalue weighted by atomic mass is 16.4. The lowest BCUT2D eigenvalue weighted by Gasteiger charge is -2.48. The third-order valence-corrected chi connectivity index (χ3v) is 5.75. The molecule has 0 bridgehead atoms. The number of para-hydroxylation sites is 2. The number of amides is 2. The van der Waals surface area contributed by atoms with E-state index in [0.717, 1.165) is 13.0 Å². The first kappa shape index (κ1) is 18.7. The van der Waals surface area contributed by atoms with Crippen molar-refractivity contribution in [1.82, 2.24) is 19.7 Å². The fourth-order valence-corrected chi connectivity index (χ4v) is 4.51. The normalized spacial score (nSPS) is 21.4. The molecule has 1 N–H and O–H groups in total. The third-order valence-electron chi connectivity index (χ3n) is 5.75. The second-order valence-corrected chi connectivity index (χ2v) is 8.47. The number of carbonyl (C=O) groups is 2. The minimum atomic E-state index is -0.518. The molecule has 1 aromatic heterocycles. The first-order chi connectivity index (χ1) is 13.3. The molecule has 4 rings (SSSR count). The summed E-state index contributed by atoms with van der Waals surface area (Å²) in [6.45, 7) is 5.90.